The minimum Gasteiger partial charge on any atom is -0.493 e. The van der Waals surface area contributed by atoms with Gasteiger partial charge in [0.15, 0.2) is 17.2 Å². The maximum Gasteiger partial charge on any atom is 0.315 e. The van der Waals surface area contributed by atoms with E-state index in [1.165, 1.54) is 31.6 Å². The van der Waals surface area contributed by atoms with Crippen LogP contribution in [0.5, 0.6) is 28.7 Å². The summed E-state index contributed by atoms with van der Waals surface area (Å²) < 4.78 is 29.8. The first-order valence-electron chi connectivity index (χ1n) is 11.6. The van der Waals surface area contributed by atoms with E-state index >= 15 is 0 Å². The number of aromatic nitrogens is 3. The molecule has 0 aliphatic carbocycles. The van der Waals surface area contributed by atoms with E-state index in [9.17, 15) is 10.1 Å². The first kappa shape index (κ1) is 25.8. The van der Waals surface area contributed by atoms with Crippen LogP contribution >= 0.6 is 11.3 Å². The van der Waals surface area contributed by atoms with E-state index in [1.807, 2.05) is 34.9 Å². The molecule has 0 fully saturated rings. The lowest BCUT2D eigenvalue weighted by molar-refractivity contribution is -0.385. The molecule has 39 heavy (non-hydrogen) atoms. The Labute approximate surface area is 227 Å². The summed E-state index contributed by atoms with van der Waals surface area (Å²) >= 11 is 1.49. The van der Waals surface area contributed by atoms with Crippen LogP contribution in [-0.4, -0.2) is 55.0 Å². The van der Waals surface area contributed by atoms with Crippen molar-refractivity contribution in [3.8, 4) is 56.3 Å². The van der Waals surface area contributed by atoms with Gasteiger partial charge in [0.2, 0.25) is 11.5 Å². The number of nitrogens with zero attached hydrogens (tertiary/aromatic N) is 4. The molecular formula is C27H24N4O7S. The summed E-state index contributed by atoms with van der Waals surface area (Å²) in [7, 11) is 7.52. The molecule has 5 aromatic rings. The molecule has 11 nitrogen and oxygen atoms in total. The van der Waals surface area contributed by atoms with Gasteiger partial charge in [0, 0.05) is 28.9 Å². The van der Waals surface area contributed by atoms with Crippen molar-refractivity contribution < 1.29 is 28.6 Å². The fourth-order valence-electron chi connectivity index (χ4n) is 4.36. The Balaban J connectivity index is 1.54. The third kappa shape index (κ3) is 4.44. The van der Waals surface area contributed by atoms with Crippen LogP contribution in [0.3, 0.4) is 0 Å². The number of ether oxygens (including phenoxy) is 5. The van der Waals surface area contributed by atoms with Crippen molar-refractivity contribution >= 4 is 27.2 Å². The van der Waals surface area contributed by atoms with Gasteiger partial charge in [-0.3, -0.25) is 14.7 Å². The molecule has 0 saturated carbocycles. The second-order valence-corrected chi connectivity index (χ2v) is 9.20. The summed E-state index contributed by atoms with van der Waals surface area (Å²) in [6.07, 6.45) is 3.29. The van der Waals surface area contributed by atoms with Crippen LogP contribution < -0.4 is 23.7 Å². The Hall–Kier alpha value is -4.84. The van der Waals surface area contributed by atoms with E-state index in [4.69, 9.17) is 28.7 Å². The average Bonchev–Trinajstić information content (AvgIpc) is 3.63. The van der Waals surface area contributed by atoms with Gasteiger partial charge in [0.1, 0.15) is 9.71 Å². The van der Waals surface area contributed by atoms with Gasteiger partial charge in [0.25, 0.3) is 0 Å². The molecule has 0 N–H and O–H groups in total. The molecule has 5 rings (SSSR count). The molecular weight excluding hydrogens is 524 g/mol. The number of nitro groups is 1. The summed E-state index contributed by atoms with van der Waals surface area (Å²) in [5.41, 5.74) is 3.46. The Morgan fingerprint density at radius 2 is 1.49 bits per heavy atom. The molecule has 2 aromatic heterocycles. The van der Waals surface area contributed by atoms with Crippen molar-refractivity contribution in [2.75, 3.05) is 35.5 Å². The molecule has 0 spiro atoms. The van der Waals surface area contributed by atoms with Crippen LogP contribution in [0.2, 0.25) is 0 Å². The summed E-state index contributed by atoms with van der Waals surface area (Å²) in [6.45, 7) is 0. The molecule has 0 aliphatic heterocycles. The highest BCUT2D eigenvalue weighted by molar-refractivity contribution is 7.22. The minimum absolute atomic E-state index is 0.0596. The van der Waals surface area contributed by atoms with Crippen LogP contribution in [0, 0.1) is 10.1 Å². The lowest BCUT2D eigenvalue weighted by Gasteiger charge is -2.12. The van der Waals surface area contributed by atoms with Crippen LogP contribution in [0.25, 0.3) is 37.7 Å². The predicted octanol–water partition coefficient (Wildman–Crippen LogP) is 5.77. The minimum atomic E-state index is -0.501. The molecule has 0 bridgehead atoms. The highest BCUT2D eigenvalue weighted by Crippen LogP contribution is 2.47. The lowest BCUT2D eigenvalue weighted by atomic mass is 10.1. The van der Waals surface area contributed by atoms with Crippen molar-refractivity contribution in [3.63, 3.8) is 0 Å². The second-order valence-electron chi connectivity index (χ2n) is 8.20. The monoisotopic (exact) mass is 548 g/mol. The van der Waals surface area contributed by atoms with E-state index in [-0.39, 0.29) is 17.2 Å². The third-order valence-corrected chi connectivity index (χ3v) is 7.29. The molecule has 0 saturated heterocycles. The zero-order valence-corrected chi connectivity index (χ0v) is 22.6. The van der Waals surface area contributed by atoms with E-state index in [0.29, 0.717) is 28.5 Å². The van der Waals surface area contributed by atoms with Gasteiger partial charge in [-0.05, 0) is 30.3 Å². The topological polar surface area (TPSA) is 120 Å². The van der Waals surface area contributed by atoms with Gasteiger partial charge in [-0.15, -0.1) is 11.3 Å². The number of imidazole rings is 1. The summed E-state index contributed by atoms with van der Waals surface area (Å²) in [4.78, 5) is 20.3. The first-order valence-corrected chi connectivity index (χ1v) is 12.4. The summed E-state index contributed by atoms with van der Waals surface area (Å²) in [5, 5.41) is 12.5. The molecule has 0 radical (unpaired) electrons. The second kappa shape index (κ2) is 10.5. The quantitative estimate of drug-likeness (QED) is 0.167. The van der Waals surface area contributed by atoms with Crippen molar-refractivity contribution in [1.82, 2.24) is 14.5 Å². The Kier molecular flexibility index (Phi) is 6.94. The number of fused-ring (bicyclic) bond motifs is 1. The summed E-state index contributed by atoms with van der Waals surface area (Å²) in [6, 6.07) is 12.7. The average molecular weight is 549 g/mol. The number of methoxy groups -OCH3 is 5. The zero-order chi connectivity index (χ0) is 27.7. The number of hydrogen-bond acceptors (Lipinski definition) is 10. The highest BCUT2D eigenvalue weighted by atomic mass is 32.1. The molecule has 200 valence electrons. The largest absolute Gasteiger partial charge is 0.493 e. The molecule has 3 aromatic carbocycles. The number of thiazole rings is 1. The van der Waals surface area contributed by atoms with Gasteiger partial charge in [0.05, 0.1) is 64.2 Å². The van der Waals surface area contributed by atoms with Crippen molar-refractivity contribution in [2.24, 2.45) is 0 Å². The Morgan fingerprint density at radius 1 is 0.821 bits per heavy atom. The van der Waals surface area contributed by atoms with Gasteiger partial charge in [-0.1, -0.05) is 0 Å². The molecule has 0 aliphatic rings. The van der Waals surface area contributed by atoms with E-state index in [1.54, 1.807) is 39.9 Å². The van der Waals surface area contributed by atoms with E-state index < -0.39 is 4.92 Å². The fraction of sp³-hybridized carbons (Fsp3) is 0.185. The van der Waals surface area contributed by atoms with E-state index in [0.717, 1.165) is 26.5 Å². The highest BCUT2D eigenvalue weighted by Gasteiger charge is 2.24. The lowest BCUT2D eigenvalue weighted by Crippen LogP contribution is -2.00. The van der Waals surface area contributed by atoms with Gasteiger partial charge in [-0.25, -0.2) is 9.97 Å². The molecule has 0 unspecified atom stereocenters. The normalized spacial score (nSPS) is 10.9. The number of nitro benzene ring substituents is 1. The Morgan fingerprint density at radius 3 is 2.10 bits per heavy atom. The van der Waals surface area contributed by atoms with Gasteiger partial charge >= 0.3 is 5.69 Å². The van der Waals surface area contributed by atoms with Crippen molar-refractivity contribution in [2.45, 2.75) is 0 Å². The molecule has 2 heterocycles. The Bertz CT molecular complexity index is 1680. The predicted molar refractivity (Wildman–Crippen MR) is 147 cm³/mol. The fourth-order valence-corrected chi connectivity index (χ4v) is 5.43. The van der Waals surface area contributed by atoms with Crippen LogP contribution in [0.15, 0.2) is 55.0 Å². The number of benzene rings is 3. The smallest absolute Gasteiger partial charge is 0.315 e. The SMILES string of the molecule is COc1cc(-c2cncn2-c2ccc(-c3nc4cc(OC)c(OC)c(OC)c4s3)cc2)cc([N+](=O)[O-])c1OC. The third-order valence-electron chi connectivity index (χ3n) is 6.17. The number of rotatable bonds is 9. The van der Waals surface area contributed by atoms with Crippen LogP contribution in [0.4, 0.5) is 5.69 Å². The van der Waals surface area contributed by atoms with Crippen molar-refractivity contribution in [3.05, 3.63) is 65.1 Å². The molecule has 0 amide bonds. The first-order chi connectivity index (χ1) is 18.9. The van der Waals surface area contributed by atoms with Crippen molar-refractivity contribution in [1.29, 1.82) is 0 Å². The maximum atomic E-state index is 11.7. The summed E-state index contributed by atoms with van der Waals surface area (Å²) in [5.74, 6) is 1.94. The molecule has 0 atom stereocenters. The van der Waals surface area contributed by atoms with Gasteiger partial charge in [-0.2, -0.15) is 0 Å². The molecule has 12 heteroatoms. The standard InChI is InChI=1S/C27H24N4O7S/c1-34-21-11-16(10-19(31(32)33)23(21)36-3)20-13-28-14-30(20)17-8-6-15(7-9-17)27-29-18-12-22(35-2)24(37-4)25(38-5)26(18)39-27/h6-14H,1-5H3. The maximum absolute atomic E-state index is 11.7. The zero-order valence-electron chi connectivity index (χ0n) is 21.8. The number of hydrogen-bond donors (Lipinski definition) is 0. The van der Waals surface area contributed by atoms with Crippen LogP contribution in [-0.2, 0) is 0 Å². The van der Waals surface area contributed by atoms with Crippen LogP contribution in [0.1, 0.15) is 0 Å². The van der Waals surface area contributed by atoms with Gasteiger partial charge < -0.3 is 23.7 Å². The van der Waals surface area contributed by atoms with E-state index in [2.05, 4.69) is 4.98 Å².